The second-order valence-corrected chi connectivity index (χ2v) is 10.8. The molecule has 1 unspecified atom stereocenters. The van der Waals surface area contributed by atoms with E-state index in [1.165, 1.54) is 11.3 Å². The first-order valence-electron chi connectivity index (χ1n) is 13.3. The number of carbonyl (C=O) groups is 4. The average molecular weight is 559 g/mol. The van der Waals surface area contributed by atoms with Gasteiger partial charge >= 0.3 is 0 Å². The van der Waals surface area contributed by atoms with E-state index in [4.69, 9.17) is 23.2 Å². The summed E-state index contributed by atoms with van der Waals surface area (Å²) in [6, 6.07) is 11.2. The molecular weight excluding hydrogens is 525 g/mol. The molecule has 0 aromatic heterocycles. The van der Waals surface area contributed by atoms with Gasteiger partial charge in [-0.05, 0) is 55.5 Å². The fourth-order valence-electron chi connectivity index (χ4n) is 5.27. The Morgan fingerprint density at radius 1 is 1.03 bits per heavy atom. The number of halogens is 2. The summed E-state index contributed by atoms with van der Waals surface area (Å²) in [6.45, 7) is 2.16. The lowest BCUT2D eigenvalue weighted by Crippen LogP contribution is -2.51. The van der Waals surface area contributed by atoms with Gasteiger partial charge in [0, 0.05) is 35.6 Å². The minimum Gasteiger partial charge on any atom is -0.352 e. The first kappa shape index (κ1) is 28.1. The van der Waals surface area contributed by atoms with E-state index < -0.39 is 6.04 Å². The summed E-state index contributed by atoms with van der Waals surface area (Å²) in [5.74, 6) is -1.10. The molecule has 0 bridgehead atoms. The highest BCUT2D eigenvalue weighted by Gasteiger charge is 2.35. The third-order valence-corrected chi connectivity index (χ3v) is 7.93. The largest absolute Gasteiger partial charge is 0.352 e. The Bertz CT molecular complexity index is 1180. The van der Waals surface area contributed by atoms with Gasteiger partial charge in [0.05, 0.1) is 11.1 Å². The minimum atomic E-state index is -0.671. The first-order chi connectivity index (χ1) is 18.3. The lowest BCUT2D eigenvalue weighted by atomic mass is 9.95. The number of nitrogens with zero attached hydrogens (tertiary/aromatic N) is 2. The molecule has 1 aliphatic carbocycles. The Morgan fingerprint density at radius 2 is 1.68 bits per heavy atom. The van der Waals surface area contributed by atoms with Crippen LogP contribution >= 0.6 is 23.2 Å². The number of hydrogen-bond acceptors (Lipinski definition) is 4. The van der Waals surface area contributed by atoms with Crippen LogP contribution in [0.4, 0.5) is 0 Å². The van der Waals surface area contributed by atoms with Gasteiger partial charge in [0.15, 0.2) is 0 Å². The van der Waals surface area contributed by atoms with E-state index in [2.05, 4.69) is 5.32 Å². The molecule has 1 fully saturated rings. The molecule has 2 aromatic rings. The monoisotopic (exact) mass is 557 g/mol. The van der Waals surface area contributed by atoms with E-state index in [-0.39, 0.29) is 55.6 Å². The fourth-order valence-corrected chi connectivity index (χ4v) is 5.74. The summed E-state index contributed by atoms with van der Waals surface area (Å²) in [5, 5.41) is 4.06. The Balaban J connectivity index is 1.46. The second kappa shape index (κ2) is 12.8. The number of amides is 4. The Hall–Kier alpha value is -2.90. The van der Waals surface area contributed by atoms with Gasteiger partial charge in [0.1, 0.15) is 6.04 Å². The summed E-state index contributed by atoms with van der Waals surface area (Å²) < 4.78 is 0. The molecule has 9 heteroatoms. The van der Waals surface area contributed by atoms with Gasteiger partial charge in [-0.2, -0.15) is 0 Å². The first-order valence-corrected chi connectivity index (χ1v) is 14.0. The molecule has 4 amide bonds. The van der Waals surface area contributed by atoms with Crippen molar-refractivity contribution in [3.63, 3.8) is 0 Å². The highest BCUT2D eigenvalue weighted by Crippen LogP contribution is 2.26. The predicted molar refractivity (Wildman–Crippen MR) is 147 cm³/mol. The molecule has 202 valence electrons. The average Bonchev–Trinajstić information content (AvgIpc) is 3.15. The molecule has 0 spiro atoms. The number of fused-ring (bicyclic) bond motifs is 1. The molecule has 4 rings (SSSR count). The number of carbonyl (C=O) groups excluding carboxylic acids is 4. The maximum absolute atomic E-state index is 13.6. The summed E-state index contributed by atoms with van der Waals surface area (Å²) in [7, 11) is 0. The Labute approximate surface area is 233 Å². The van der Waals surface area contributed by atoms with E-state index in [0.717, 1.165) is 25.7 Å². The van der Waals surface area contributed by atoms with Gasteiger partial charge in [-0.25, -0.2) is 0 Å². The highest BCUT2D eigenvalue weighted by atomic mass is 35.5. The van der Waals surface area contributed by atoms with Crippen LogP contribution in [0.25, 0.3) is 0 Å². The quantitative estimate of drug-likeness (QED) is 0.383. The highest BCUT2D eigenvalue weighted by molar-refractivity contribution is 6.35. The van der Waals surface area contributed by atoms with Crippen molar-refractivity contribution in [2.45, 2.75) is 76.9 Å². The molecule has 7 nitrogen and oxygen atoms in total. The molecule has 1 atom stereocenters. The van der Waals surface area contributed by atoms with Gasteiger partial charge in [-0.3, -0.25) is 24.1 Å². The summed E-state index contributed by atoms with van der Waals surface area (Å²) in [4.78, 5) is 55.0. The summed E-state index contributed by atoms with van der Waals surface area (Å²) in [6.07, 6.45) is 6.04. The lowest BCUT2D eigenvalue weighted by molar-refractivity contribution is -0.141. The molecule has 2 aromatic carbocycles. The number of imide groups is 1. The van der Waals surface area contributed by atoms with Gasteiger partial charge in [-0.15, -0.1) is 0 Å². The molecular formula is C29H33Cl2N3O4. The topological polar surface area (TPSA) is 86.8 Å². The maximum atomic E-state index is 13.6. The third-order valence-electron chi connectivity index (χ3n) is 7.34. The zero-order valence-electron chi connectivity index (χ0n) is 21.6. The third kappa shape index (κ3) is 6.38. The normalized spacial score (nSPS) is 16.3. The van der Waals surface area contributed by atoms with Gasteiger partial charge in [-0.1, -0.05) is 67.6 Å². The van der Waals surface area contributed by atoms with Crippen LogP contribution in [-0.2, 0) is 16.1 Å². The van der Waals surface area contributed by atoms with Crippen LogP contribution in [0.15, 0.2) is 42.5 Å². The molecule has 0 saturated heterocycles. The van der Waals surface area contributed by atoms with Crippen molar-refractivity contribution in [3.8, 4) is 0 Å². The van der Waals surface area contributed by atoms with Crippen molar-refractivity contribution in [2.75, 3.05) is 6.54 Å². The van der Waals surface area contributed by atoms with Gasteiger partial charge in [0.25, 0.3) is 11.8 Å². The SMILES string of the molecule is CCC(C(=O)NC1CCCCC1)N(Cc1ccc(Cl)cc1Cl)C(=O)CCCN1C(=O)c2ccccc2C1=O. The van der Waals surface area contributed by atoms with Crippen LogP contribution in [-0.4, -0.2) is 52.1 Å². The van der Waals surface area contributed by atoms with Gasteiger partial charge < -0.3 is 10.2 Å². The zero-order valence-corrected chi connectivity index (χ0v) is 23.1. The zero-order chi connectivity index (χ0) is 27.2. The molecule has 1 aliphatic heterocycles. The van der Waals surface area contributed by atoms with Crippen LogP contribution in [0.5, 0.6) is 0 Å². The van der Waals surface area contributed by atoms with Crippen LogP contribution in [0.2, 0.25) is 10.0 Å². The molecule has 1 N–H and O–H groups in total. The van der Waals surface area contributed by atoms with Crippen LogP contribution < -0.4 is 5.32 Å². The van der Waals surface area contributed by atoms with Crippen LogP contribution in [0.3, 0.4) is 0 Å². The standard InChI is InChI=1S/C29H33Cl2N3O4/c1-2-25(27(36)32-21-9-4-3-5-10-21)34(18-19-14-15-20(30)17-24(19)31)26(35)13-8-16-33-28(37)22-11-6-7-12-23(22)29(33)38/h6-7,11-12,14-15,17,21,25H,2-5,8-10,13,16,18H2,1H3,(H,32,36). The molecule has 2 aliphatic rings. The van der Waals surface area contributed by atoms with E-state index in [1.54, 1.807) is 47.4 Å². The fraction of sp³-hybridized carbons (Fsp3) is 0.448. The predicted octanol–water partition coefficient (Wildman–Crippen LogP) is 5.63. The van der Waals surface area contributed by atoms with Crippen LogP contribution in [0.1, 0.15) is 84.6 Å². The number of nitrogens with one attached hydrogen (secondary N) is 1. The smallest absolute Gasteiger partial charge is 0.261 e. The minimum absolute atomic E-state index is 0.0752. The van der Waals surface area contributed by atoms with Crippen molar-refractivity contribution in [1.29, 1.82) is 0 Å². The van der Waals surface area contributed by atoms with Crippen molar-refractivity contribution in [3.05, 3.63) is 69.2 Å². The van der Waals surface area contributed by atoms with Crippen LogP contribution in [0, 0.1) is 0 Å². The van der Waals surface area contributed by atoms with E-state index in [1.807, 2.05) is 6.92 Å². The summed E-state index contributed by atoms with van der Waals surface area (Å²) in [5.41, 5.74) is 1.45. The molecule has 1 heterocycles. The van der Waals surface area contributed by atoms with Crippen molar-refractivity contribution < 1.29 is 19.2 Å². The number of hydrogen-bond donors (Lipinski definition) is 1. The van der Waals surface area contributed by atoms with Crippen molar-refractivity contribution in [2.24, 2.45) is 0 Å². The summed E-state index contributed by atoms with van der Waals surface area (Å²) >= 11 is 12.5. The van der Waals surface area contributed by atoms with Crippen molar-refractivity contribution >= 4 is 46.8 Å². The molecule has 0 radical (unpaired) electrons. The molecule has 1 saturated carbocycles. The van der Waals surface area contributed by atoms with E-state index in [9.17, 15) is 19.2 Å². The maximum Gasteiger partial charge on any atom is 0.261 e. The van der Waals surface area contributed by atoms with E-state index >= 15 is 0 Å². The van der Waals surface area contributed by atoms with E-state index in [0.29, 0.717) is 33.2 Å². The molecule has 38 heavy (non-hydrogen) atoms. The lowest BCUT2D eigenvalue weighted by Gasteiger charge is -2.33. The van der Waals surface area contributed by atoms with Gasteiger partial charge in [0.2, 0.25) is 11.8 Å². The Morgan fingerprint density at radius 3 is 2.29 bits per heavy atom. The second-order valence-electron chi connectivity index (χ2n) is 9.94. The Kier molecular flexibility index (Phi) is 9.44. The van der Waals surface area contributed by atoms with Crippen molar-refractivity contribution in [1.82, 2.24) is 15.1 Å². The number of rotatable bonds is 10. The number of benzene rings is 2.